The van der Waals surface area contributed by atoms with E-state index in [0.717, 1.165) is 19.7 Å². The predicted molar refractivity (Wildman–Crippen MR) is 92.5 cm³/mol. The highest BCUT2D eigenvalue weighted by molar-refractivity contribution is 9.12. The van der Waals surface area contributed by atoms with Crippen molar-refractivity contribution in [1.82, 2.24) is 0 Å². The summed E-state index contributed by atoms with van der Waals surface area (Å²) in [6.45, 7) is 2.72. The van der Waals surface area contributed by atoms with Crippen LogP contribution in [-0.4, -0.2) is 12.5 Å². The van der Waals surface area contributed by atoms with Crippen molar-refractivity contribution in [3.8, 4) is 0 Å². The number of carbonyl (C=O) groups is 1. The number of nitrogens with two attached hydrogens (primary N) is 1. The number of benzene rings is 1. The molecule has 2 N–H and O–H groups in total. The quantitative estimate of drug-likeness (QED) is 0.718. The summed E-state index contributed by atoms with van der Waals surface area (Å²) >= 11 is 8.35. The van der Waals surface area contributed by atoms with E-state index in [0.29, 0.717) is 17.8 Å². The van der Waals surface area contributed by atoms with Gasteiger partial charge in [-0.2, -0.15) is 0 Å². The van der Waals surface area contributed by atoms with Crippen molar-refractivity contribution in [2.45, 2.75) is 13.3 Å². The standard InChI is InChI=1S/C14H14Br2N2OS/c1-2-7-18(10-5-3-9(17)4-6-10)14(19)11-8-12(15)20-13(11)16/h3-6,8H,2,7,17H2,1H3. The lowest BCUT2D eigenvalue weighted by Crippen LogP contribution is -2.31. The zero-order valence-corrected chi connectivity index (χ0v) is 14.9. The Kier molecular flexibility index (Phi) is 5.23. The van der Waals surface area contributed by atoms with Crippen molar-refractivity contribution in [1.29, 1.82) is 0 Å². The smallest absolute Gasteiger partial charge is 0.260 e. The van der Waals surface area contributed by atoms with Gasteiger partial charge in [-0.3, -0.25) is 4.79 Å². The molecule has 0 unspecified atom stereocenters. The van der Waals surface area contributed by atoms with Crippen molar-refractivity contribution in [3.63, 3.8) is 0 Å². The van der Waals surface area contributed by atoms with Crippen LogP contribution >= 0.6 is 43.2 Å². The molecule has 1 aromatic carbocycles. The summed E-state index contributed by atoms with van der Waals surface area (Å²) in [6.07, 6.45) is 0.888. The maximum atomic E-state index is 12.7. The third kappa shape index (κ3) is 3.42. The van der Waals surface area contributed by atoms with Gasteiger partial charge in [0.25, 0.3) is 5.91 Å². The van der Waals surface area contributed by atoms with Crippen LogP contribution in [0.3, 0.4) is 0 Å². The summed E-state index contributed by atoms with van der Waals surface area (Å²) in [7, 11) is 0. The summed E-state index contributed by atoms with van der Waals surface area (Å²) in [5.41, 5.74) is 7.93. The van der Waals surface area contributed by atoms with Crippen molar-refractivity contribution in [2.75, 3.05) is 17.2 Å². The number of halogens is 2. The Balaban J connectivity index is 2.35. The first kappa shape index (κ1) is 15.5. The van der Waals surface area contributed by atoms with E-state index in [2.05, 4.69) is 38.8 Å². The first-order valence-electron chi connectivity index (χ1n) is 6.15. The molecular weight excluding hydrogens is 404 g/mol. The molecule has 3 nitrogen and oxygen atoms in total. The zero-order chi connectivity index (χ0) is 14.7. The Morgan fingerprint density at radius 3 is 2.45 bits per heavy atom. The lowest BCUT2D eigenvalue weighted by molar-refractivity contribution is 0.0986. The van der Waals surface area contributed by atoms with Gasteiger partial charge < -0.3 is 10.6 Å². The van der Waals surface area contributed by atoms with Crippen molar-refractivity contribution < 1.29 is 4.79 Å². The summed E-state index contributed by atoms with van der Waals surface area (Å²) in [5.74, 6) is -0.00885. The maximum absolute atomic E-state index is 12.7. The second-order valence-electron chi connectivity index (χ2n) is 4.29. The fraction of sp³-hybridized carbons (Fsp3) is 0.214. The number of thiophene rings is 1. The predicted octanol–water partition coefficient (Wildman–Crippen LogP) is 4.91. The molecule has 20 heavy (non-hydrogen) atoms. The molecule has 0 aliphatic heterocycles. The van der Waals surface area contributed by atoms with Gasteiger partial charge in [0.2, 0.25) is 0 Å². The number of hydrogen-bond donors (Lipinski definition) is 1. The van der Waals surface area contributed by atoms with E-state index in [4.69, 9.17) is 5.73 Å². The molecule has 0 saturated heterocycles. The molecule has 0 saturated carbocycles. The van der Waals surface area contributed by atoms with E-state index in [1.54, 1.807) is 4.90 Å². The molecule has 0 atom stereocenters. The zero-order valence-electron chi connectivity index (χ0n) is 10.9. The Bertz CT molecular complexity index is 610. The fourth-order valence-electron chi connectivity index (χ4n) is 1.86. The first-order valence-corrected chi connectivity index (χ1v) is 8.55. The van der Waals surface area contributed by atoms with Gasteiger partial charge in [-0.05, 0) is 68.6 Å². The van der Waals surface area contributed by atoms with Crippen LogP contribution in [0.1, 0.15) is 23.7 Å². The third-order valence-corrected chi connectivity index (χ3v) is 5.12. The van der Waals surface area contributed by atoms with Crippen molar-refractivity contribution in [3.05, 3.63) is 43.5 Å². The molecule has 1 heterocycles. The lowest BCUT2D eigenvalue weighted by atomic mass is 10.2. The number of rotatable bonds is 4. The van der Waals surface area contributed by atoms with Crippen LogP contribution < -0.4 is 10.6 Å². The number of hydrogen-bond acceptors (Lipinski definition) is 3. The number of anilines is 2. The fourth-order valence-corrected chi connectivity index (χ4v) is 4.63. The Labute approximate surface area is 139 Å². The van der Waals surface area contributed by atoms with Gasteiger partial charge in [-0.15, -0.1) is 11.3 Å². The second kappa shape index (κ2) is 6.74. The highest BCUT2D eigenvalue weighted by Gasteiger charge is 2.21. The normalized spacial score (nSPS) is 10.6. The summed E-state index contributed by atoms with van der Waals surface area (Å²) < 4.78 is 1.77. The number of carbonyl (C=O) groups excluding carboxylic acids is 1. The van der Waals surface area contributed by atoms with Crippen LogP contribution in [0.15, 0.2) is 37.9 Å². The molecule has 2 rings (SSSR count). The molecule has 6 heteroatoms. The number of nitrogens with zero attached hydrogens (tertiary/aromatic N) is 1. The van der Waals surface area contributed by atoms with E-state index in [1.165, 1.54) is 11.3 Å². The van der Waals surface area contributed by atoms with Gasteiger partial charge in [0.05, 0.1) is 13.1 Å². The Morgan fingerprint density at radius 2 is 1.95 bits per heavy atom. The van der Waals surface area contributed by atoms with Gasteiger partial charge in [0.1, 0.15) is 0 Å². The highest BCUT2D eigenvalue weighted by atomic mass is 79.9. The van der Waals surface area contributed by atoms with E-state index >= 15 is 0 Å². The van der Waals surface area contributed by atoms with Gasteiger partial charge in [0, 0.05) is 17.9 Å². The molecule has 0 spiro atoms. The molecule has 0 radical (unpaired) electrons. The molecule has 0 aliphatic rings. The molecule has 1 amide bonds. The SMILES string of the molecule is CCCN(C(=O)c1cc(Br)sc1Br)c1ccc(N)cc1. The molecule has 0 bridgehead atoms. The van der Waals surface area contributed by atoms with Crippen LogP contribution in [0, 0.1) is 0 Å². The van der Waals surface area contributed by atoms with E-state index < -0.39 is 0 Å². The summed E-state index contributed by atoms with van der Waals surface area (Å²) in [5, 5.41) is 0. The van der Waals surface area contributed by atoms with E-state index in [-0.39, 0.29) is 5.91 Å². The minimum absolute atomic E-state index is 0.00885. The molecule has 1 aromatic heterocycles. The number of nitrogen functional groups attached to an aromatic ring is 1. The van der Waals surface area contributed by atoms with E-state index in [1.807, 2.05) is 30.3 Å². The molecule has 0 aliphatic carbocycles. The van der Waals surface area contributed by atoms with Gasteiger partial charge in [-0.1, -0.05) is 6.92 Å². The summed E-state index contributed by atoms with van der Waals surface area (Å²) in [4.78, 5) is 14.5. The van der Waals surface area contributed by atoms with Crippen LogP contribution in [0.4, 0.5) is 11.4 Å². The maximum Gasteiger partial charge on any atom is 0.260 e. The first-order chi connectivity index (χ1) is 9.52. The Hall–Kier alpha value is -0.850. The van der Waals surface area contributed by atoms with Gasteiger partial charge >= 0.3 is 0 Å². The average molecular weight is 418 g/mol. The monoisotopic (exact) mass is 416 g/mol. The van der Waals surface area contributed by atoms with Gasteiger partial charge in [-0.25, -0.2) is 0 Å². The molecular formula is C14H14Br2N2OS. The van der Waals surface area contributed by atoms with Crippen LogP contribution in [0.2, 0.25) is 0 Å². The Morgan fingerprint density at radius 1 is 1.30 bits per heavy atom. The second-order valence-corrected chi connectivity index (χ2v) is 8.04. The third-order valence-electron chi connectivity index (χ3n) is 2.78. The largest absolute Gasteiger partial charge is 0.399 e. The minimum Gasteiger partial charge on any atom is -0.399 e. The summed E-state index contributed by atoms with van der Waals surface area (Å²) in [6, 6.07) is 9.21. The molecule has 0 fully saturated rings. The minimum atomic E-state index is -0.00885. The van der Waals surface area contributed by atoms with Crippen LogP contribution in [0.5, 0.6) is 0 Å². The highest BCUT2D eigenvalue weighted by Crippen LogP contribution is 2.33. The molecule has 106 valence electrons. The van der Waals surface area contributed by atoms with Crippen LogP contribution in [-0.2, 0) is 0 Å². The topological polar surface area (TPSA) is 46.3 Å². The average Bonchev–Trinajstić information content (AvgIpc) is 2.75. The van der Waals surface area contributed by atoms with Crippen molar-refractivity contribution >= 4 is 60.5 Å². The number of amides is 1. The van der Waals surface area contributed by atoms with Crippen LogP contribution in [0.25, 0.3) is 0 Å². The van der Waals surface area contributed by atoms with E-state index in [9.17, 15) is 4.79 Å². The van der Waals surface area contributed by atoms with Crippen molar-refractivity contribution in [2.24, 2.45) is 0 Å². The van der Waals surface area contributed by atoms with Gasteiger partial charge in [0.15, 0.2) is 0 Å². The lowest BCUT2D eigenvalue weighted by Gasteiger charge is -2.22. The molecule has 2 aromatic rings.